The number of hydrogen-bond donors (Lipinski definition) is 4. The number of benzene rings is 2. The summed E-state index contributed by atoms with van der Waals surface area (Å²) in [5.74, 6) is -0.0465. The molecule has 0 unspecified atom stereocenters. The number of rotatable bonds is 8. The molecule has 41 heavy (non-hydrogen) atoms. The molecule has 0 spiro atoms. The van der Waals surface area contributed by atoms with Crippen LogP contribution in [-0.4, -0.2) is 35.8 Å². The van der Waals surface area contributed by atoms with Gasteiger partial charge in [0, 0.05) is 11.4 Å². The highest BCUT2D eigenvalue weighted by Gasteiger charge is 2.19. The Morgan fingerprint density at radius 1 is 0.585 bits per heavy atom. The molecule has 2 aliphatic carbocycles. The van der Waals surface area contributed by atoms with Gasteiger partial charge in [0.25, 0.3) is 0 Å². The third-order valence-electron chi connectivity index (χ3n) is 6.54. The Hall–Kier alpha value is -4.80. The summed E-state index contributed by atoms with van der Waals surface area (Å²) in [6.07, 6.45) is 6.10. The van der Waals surface area contributed by atoms with Crippen molar-refractivity contribution in [3.05, 3.63) is 106 Å². The van der Waals surface area contributed by atoms with Crippen LogP contribution in [0.25, 0.3) is 0 Å². The van der Waals surface area contributed by atoms with Crippen LogP contribution < -0.4 is 21.6 Å². The quantitative estimate of drug-likeness (QED) is 0.331. The standard InChI is InChI=1S/C31H32N4O6/c1-18-13-26(14-19(2)28(18)36)34-40-30(38)32-24-9-5-22(6-10-24)17-23-7-11-25(12-8-23)33-31(39)41-35-27-15-20(3)29(37)21(4)16-27/h5-16,26-27,34-35H,17H2,1-4H3,(H,32,38)(H,33,39). The lowest BCUT2D eigenvalue weighted by Crippen LogP contribution is -2.33. The van der Waals surface area contributed by atoms with Crippen LogP contribution in [-0.2, 0) is 25.7 Å². The van der Waals surface area contributed by atoms with Crippen molar-refractivity contribution >= 4 is 35.1 Å². The number of amides is 2. The van der Waals surface area contributed by atoms with E-state index in [0.29, 0.717) is 40.1 Å². The predicted octanol–water partition coefficient (Wildman–Crippen LogP) is 5.07. The average molecular weight is 557 g/mol. The molecule has 4 N–H and O–H groups in total. The van der Waals surface area contributed by atoms with Crippen LogP contribution in [0.3, 0.4) is 0 Å². The zero-order chi connectivity index (χ0) is 29.5. The monoisotopic (exact) mass is 556 g/mol. The van der Waals surface area contributed by atoms with E-state index < -0.39 is 12.2 Å². The van der Waals surface area contributed by atoms with Crippen LogP contribution >= 0.6 is 0 Å². The molecule has 0 radical (unpaired) electrons. The van der Waals surface area contributed by atoms with E-state index in [9.17, 15) is 19.2 Å². The van der Waals surface area contributed by atoms with Crippen molar-refractivity contribution in [2.45, 2.75) is 46.2 Å². The van der Waals surface area contributed by atoms with Crippen LogP contribution in [0.1, 0.15) is 38.8 Å². The molecule has 4 rings (SSSR count). The number of Topliss-reactive ketones (excluding diaryl/α,β-unsaturated/α-hetero) is 2. The zero-order valence-electron chi connectivity index (χ0n) is 23.2. The van der Waals surface area contributed by atoms with Gasteiger partial charge in [-0.05, 0) is 91.8 Å². The Kier molecular flexibility index (Phi) is 9.28. The Bertz CT molecular complexity index is 1310. The molecule has 10 nitrogen and oxygen atoms in total. The summed E-state index contributed by atoms with van der Waals surface area (Å²) in [6.45, 7) is 6.88. The number of nitrogens with one attached hydrogen (secondary N) is 4. The van der Waals surface area contributed by atoms with Crippen LogP contribution in [0, 0.1) is 0 Å². The van der Waals surface area contributed by atoms with Crippen molar-refractivity contribution in [1.29, 1.82) is 0 Å². The van der Waals surface area contributed by atoms with E-state index in [1.165, 1.54) is 0 Å². The minimum absolute atomic E-state index is 0.0233. The molecule has 0 saturated heterocycles. The average Bonchev–Trinajstić information content (AvgIpc) is 2.94. The van der Waals surface area contributed by atoms with Crippen LogP contribution in [0.4, 0.5) is 21.0 Å². The highest BCUT2D eigenvalue weighted by Crippen LogP contribution is 2.18. The minimum atomic E-state index is -0.671. The predicted molar refractivity (Wildman–Crippen MR) is 155 cm³/mol. The molecule has 212 valence electrons. The first-order valence-electron chi connectivity index (χ1n) is 13.0. The van der Waals surface area contributed by atoms with E-state index in [4.69, 9.17) is 9.68 Å². The summed E-state index contributed by atoms with van der Waals surface area (Å²) in [7, 11) is 0. The lowest BCUT2D eigenvalue weighted by atomic mass is 9.97. The highest BCUT2D eigenvalue weighted by molar-refractivity contribution is 6.09. The maximum absolute atomic E-state index is 12.2. The van der Waals surface area contributed by atoms with Crippen molar-refractivity contribution < 1.29 is 28.9 Å². The minimum Gasteiger partial charge on any atom is -0.353 e. The molecular weight excluding hydrogens is 524 g/mol. The van der Waals surface area contributed by atoms with Crippen molar-refractivity contribution in [2.24, 2.45) is 0 Å². The molecule has 0 aromatic heterocycles. The molecule has 10 heteroatoms. The van der Waals surface area contributed by atoms with E-state index >= 15 is 0 Å². The van der Waals surface area contributed by atoms with Gasteiger partial charge in [-0.15, -0.1) is 11.0 Å². The number of carbonyl (C=O) groups is 4. The van der Waals surface area contributed by atoms with Crippen molar-refractivity contribution in [2.75, 3.05) is 10.6 Å². The van der Waals surface area contributed by atoms with E-state index in [-0.39, 0.29) is 23.7 Å². The summed E-state index contributed by atoms with van der Waals surface area (Å²) >= 11 is 0. The molecule has 0 fully saturated rings. The fraction of sp³-hybridized carbons (Fsp3) is 0.226. The largest absolute Gasteiger partial charge is 0.430 e. The first-order valence-corrected chi connectivity index (χ1v) is 13.0. The molecule has 0 heterocycles. The van der Waals surface area contributed by atoms with Gasteiger partial charge in [-0.2, -0.15) is 0 Å². The Balaban J connectivity index is 1.20. The number of ketones is 2. The molecule has 2 aliphatic rings. The lowest BCUT2D eigenvalue weighted by Gasteiger charge is -2.17. The van der Waals surface area contributed by atoms with Crippen LogP contribution in [0.15, 0.2) is 95.1 Å². The maximum atomic E-state index is 12.2. The Labute approximate surface area is 238 Å². The third-order valence-corrected chi connectivity index (χ3v) is 6.54. The summed E-state index contributed by atoms with van der Waals surface area (Å²) in [6, 6.07) is 13.9. The SMILES string of the molecule is CC1=CC(NOC(=O)Nc2ccc(Cc3ccc(NC(=O)ONC4C=C(C)C(=O)C(C)=C4)cc3)cc2)C=C(C)C1=O. The number of allylic oxidation sites excluding steroid dienone is 4. The number of hydrogen-bond acceptors (Lipinski definition) is 8. The van der Waals surface area contributed by atoms with Gasteiger partial charge in [-0.1, -0.05) is 48.6 Å². The van der Waals surface area contributed by atoms with Gasteiger partial charge in [0.05, 0.1) is 12.1 Å². The molecule has 0 bridgehead atoms. The normalized spacial score (nSPS) is 15.8. The molecule has 0 aliphatic heterocycles. The second-order valence-corrected chi connectivity index (χ2v) is 9.94. The van der Waals surface area contributed by atoms with Gasteiger partial charge < -0.3 is 9.68 Å². The highest BCUT2D eigenvalue weighted by atomic mass is 16.7. The topological polar surface area (TPSA) is 135 Å². The fourth-order valence-corrected chi connectivity index (χ4v) is 4.41. The van der Waals surface area contributed by atoms with Gasteiger partial charge in [-0.25, -0.2) is 9.59 Å². The van der Waals surface area contributed by atoms with Gasteiger partial charge in [0.2, 0.25) is 0 Å². The summed E-state index contributed by atoms with van der Waals surface area (Å²) in [5.41, 5.74) is 10.9. The second kappa shape index (κ2) is 13.0. The van der Waals surface area contributed by atoms with E-state index in [1.54, 1.807) is 76.3 Å². The fourth-order valence-electron chi connectivity index (χ4n) is 4.41. The molecule has 0 saturated carbocycles. The molecule has 2 amide bonds. The molecule has 2 aromatic carbocycles. The number of anilines is 2. The van der Waals surface area contributed by atoms with Gasteiger partial charge >= 0.3 is 12.2 Å². The van der Waals surface area contributed by atoms with Crippen LogP contribution in [0.5, 0.6) is 0 Å². The molecular formula is C31H32N4O6. The van der Waals surface area contributed by atoms with E-state index in [2.05, 4.69) is 21.6 Å². The number of hydroxylamine groups is 2. The molecule has 0 atom stereocenters. The third kappa shape index (κ3) is 8.10. The Morgan fingerprint density at radius 2 is 0.902 bits per heavy atom. The van der Waals surface area contributed by atoms with E-state index in [1.807, 2.05) is 24.3 Å². The second-order valence-electron chi connectivity index (χ2n) is 9.94. The molecule has 2 aromatic rings. The van der Waals surface area contributed by atoms with Gasteiger partial charge in [-0.3, -0.25) is 20.2 Å². The maximum Gasteiger partial charge on any atom is 0.430 e. The van der Waals surface area contributed by atoms with Crippen molar-refractivity contribution in [3.8, 4) is 0 Å². The smallest absolute Gasteiger partial charge is 0.353 e. The first kappa shape index (κ1) is 29.2. The number of carbonyl (C=O) groups excluding carboxylic acids is 4. The summed E-state index contributed by atoms with van der Waals surface area (Å²) in [5, 5.41) is 5.31. The summed E-state index contributed by atoms with van der Waals surface area (Å²) in [4.78, 5) is 58.1. The summed E-state index contributed by atoms with van der Waals surface area (Å²) < 4.78 is 0. The lowest BCUT2D eigenvalue weighted by molar-refractivity contribution is -0.113. The van der Waals surface area contributed by atoms with Gasteiger partial charge in [0.15, 0.2) is 11.6 Å². The van der Waals surface area contributed by atoms with Crippen molar-refractivity contribution in [3.63, 3.8) is 0 Å². The zero-order valence-corrected chi connectivity index (χ0v) is 23.2. The van der Waals surface area contributed by atoms with Gasteiger partial charge in [0.1, 0.15) is 0 Å². The first-order chi connectivity index (χ1) is 19.6. The Morgan fingerprint density at radius 3 is 1.22 bits per heavy atom. The van der Waals surface area contributed by atoms with Crippen LogP contribution in [0.2, 0.25) is 0 Å². The van der Waals surface area contributed by atoms with Crippen molar-refractivity contribution in [1.82, 2.24) is 11.0 Å². The van der Waals surface area contributed by atoms with E-state index in [0.717, 1.165) is 11.1 Å².